The number of amides is 1. The number of benzene rings is 2. The lowest BCUT2D eigenvalue weighted by Gasteiger charge is -2.08. The molecule has 5 nitrogen and oxygen atoms in total. The van der Waals surface area contributed by atoms with Crippen LogP contribution in [0.1, 0.15) is 5.56 Å². The van der Waals surface area contributed by atoms with E-state index >= 15 is 0 Å². The molecule has 2 aromatic carbocycles. The van der Waals surface area contributed by atoms with Crippen LogP contribution in [0.3, 0.4) is 0 Å². The monoisotopic (exact) mass is 389 g/mol. The molecule has 2 N–H and O–H groups in total. The van der Waals surface area contributed by atoms with Gasteiger partial charge in [0.05, 0.1) is 17.2 Å². The smallest absolute Gasteiger partial charge is 0.267 e. The van der Waals surface area contributed by atoms with Crippen LogP contribution in [-0.2, 0) is 11.2 Å². The zero-order valence-electron chi connectivity index (χ0n) is 14.1. The topological polar surface area (TPSA) is 74.1 Å². The summed E-state index contributed by atoms with van der Waals surface area (Å²) in [6.45, 7) is 0.547. The molecule has 0 aliphatic heterocycles. The summed E-state index contributed by atoms with van der Waals surface area (Å²) in [7, 11) is 1.62. The zero-order chi connectivity index (χ0) is 18.9. The van der Waals surface area contributed by atoms with Gasteiger partial charge in [-0.2, -0.15) is 5.26 Å². The van der Waals surface area contributed by atoms with E-state index in [1.54, 1.807) is 19.2 Å². The normalized spacial score (nSPS) is 10.8. The maximum Gasteiger partial charge on any atom is 0.267 e. The Hall–Kier alpha value is -2.68. The zero-order valence-corrected chi connectivity index (χ0v) is 15.6. The van der Waals surface area contributed by atoms with Crippen molar-refractivity contribution < 1.29 is 9.53 Å². The van der Waals surface area contributed by atoms with Crippen molar-refractivity contribution in [2.75, 3.05) is 19.0 Å². The van der Waals surface area contributed by atoms with Gasteiger partial charge < -0.3 is 15.4 Å². The van der Waals surface area contributed by atoms with E-state index in [2.05, 4.69) is 10.6 Å². The first-order valence-electron chi connectivity index (χ1n) is 7.77. The summed E-state index contributed by atoms with van der Waals surface area (Å²) in [6.07, 6.45) is 2.08. The summed E-state index contributed by atoms with van der Waals surface area (Å²) in [5.41, 5.74) is 1.45. The van der Waals surface area contributed by atoms with Crippen molar-refractivity contribution in [2.24, 2.45) is 0 Å². The lowest BCUT2D eigenvalue weighted by atomic mass is 10.1. The number of rotatable bonds is 7. The van der Waals surface area contributed by atoms with Crippen molar-refractivity contribution in [1.29, 1.82) is 5.26 Å². The van der Waals surface area contributed by atoms with Crippen molar-refractivity contribution in [3.05, 3.63) is 69.8 Å². The van der Waals surface area contributed by atoms with E-state index in [9.17, 15) is 10.1 Å². The second-order valence-corrected chi connectivity index (χ2v) is 6.08. The molecule has 0 unspecified atom stereocenters. The molecular weight excluding hydrogens is 373 g/mol. The molecule has 0 atom stereocenters. The number of nitrogens with zero attached hydrogens (tertiary/aromatic N) is 1. The molecule has 0 heterocycles. The van der Waals surface area contributed by atoms with Gasteiger partial charge in [0.25, 0.3) is 5.91 Å². The molecule has 0 radical (unpaired) electrons. The third kappa shape index (κ3) is 5.41. The van der Waals surface area contributed by atoms with Crippen molar-refractivity contribution in [3.63, 3.8) is 0 Å². The predicted octanol–water partition coefficient (Wildman–Crippen LogP) is 4.18. The summed E-state index contributed by atoms with van der Waals surface area (Å²) < 4.78 is 5.29. The Balaban J connectivity index is 1.93. The molecule has 134 valence electrons. The third-order valence-corrected chi connectivity index (χ3v) is 4.26. The van der Waals surface area contributed by atoms with Crippen LogP contribution >= 0.6 is 23.2 Å². The van der Waals surface area contributed by atoms with E-state index in [1.165, 1.54) is 12.3 Å². The van der Waals surface area contributed by atoms with E-state index in [1.807, 2.05) is 30.3 Å². The Kier molecular flexibility index (Phi) is 7.34. The highest BCUT2D eigenvalue weighted by atomic mass is 35.5. The average molecular weight is 390 g/mol. The number of anilines is 1. The summed E-state index contributed by atoms with van der Waals surface area (Å²) >= 11 is 11.7. The number of carbonyl (C=O) groups excluding carboxylic acids is 1. The lowest BCUT2D eigenvalue weighted by Crippen LogP contribution is -2.18. The molecule has 0 saturated carbocycles. The fraction of sp³-hybridized carbons (Fsp3) is 0.158. The third-order valence-electron chi connectivity index (χ3n) is 3.52. The lowest BCUT2D eigenvalue weighted by molar-refractivity contribution is -0.112. The number of hydrogen-bond acceptors (Lipinski definition) is 4. The first kappa shape index (κ1) is 19.6. The Bertz CT molecular complexity index is 860. The van der Waals surface area contributed by atoms with Crippen molar-refractivity contribution in [1.82, 2.24) is 5.32 Å². The number of para-hydroxylation sites is 1. The molecule has 0 aliphatic rings. The fourth-order valence-corrected chi connectivity index (χ4v) is 2.51. The molecular formula is C19H17Cl2N3O2. The molecule has 0 saturated heterocycles. The quantitative estimate of drug-likeness (QED) is 0.423. The first-order valence-corrected chi connectivity index (χ1v) is 8.52. The fourth-order valence-electron chi connectivity index (χ4n) is 2.21. The highest BCUT2D eigenvalue weighted by molar-refractivity contribution is 6.42. The van der Waals surface area contributed by atoms with Gasteiger partial charge in [-0.25, -0.2) is 0 Å². The van der Waals surface area contributed by atoms with Crippen LogP contribution < -0.4 is 15.4 Å². The maximum absolute atomic E-state index is 12.2. The first-order chi connectivity index (χ1) is 12.5. The molecule has 0 spiro atoms. The van der Waals surface area contributed by atoms with Crippen LogP contribution in [0.15, 0.2) is 54.2 Å². The molecule has 2 rings (SSSR count). The molecule has 7 heteroatoms. The van der Waals surface area contributed by atoms with E-state index < -0.39 is 5.91 Å². The molecule has 0 aromatic heterocycles. The van der Waals surface area contributed by atoms with Crippen LogP contribution in [0.4, 0.5) is 5.69 Å². The Morgan fingerprint density at radius 2 is 2.00 bits per heavy atom. The number of methoxy groups -OCH3 is 1. The van der Waals surface area contributed by atoms with E-state index in [4.69, 9.17) is 27.9 Å². The SMILES string of the molecule is COc1ccccc1CCN/C=C(/C#N)C(=O)Nc1ccc(Cl)c(Cl)c1. The number of ether oxygens (including phenoxy) is 1. The van der Waals surface area contributed by atoms with Crippen LogP contribution in [0.25, 0.3) is 0 Å². The Labute approximate surface area is 162 Å². The van der Waals surface area contributed by atoms with Gasteiger partial charge in [-0.15, -0.1) is 0 Å². The van der Waals surface area contributed by atoms with Gasteiger partial charge in [-0.3, -0.25) is 4.79 Å². The van der Waals surface area contributed by atoms with Gasteiger partial charge in [0, 0.05) is 18.4 Å². The number of halogens is 2. The summed E-state index contributed by atoms with van der Waals surface area (Å²) in [5, 5.41) is 15.5. The number of nitrogens with one attached hydrogen (secondary N) is 2. The second kappa shape index (κ2) is 9.71. The van der Waals surface area contributed by atoms with Crippen LogP contribution in [-0.4, -0.2) is 19.6 Å². The Morgan fingerprint density at radius 3 is 2.69 bits per heavy atom. The molecule has 26 heavy (non-hydrogen) atoms. The van der Waals surface area contributed by atoms with E-state index in [-0.39, 0.29) is 5.57 Å². The van der Waals surface area contributed by atoms with Crippen molar-refractivity contribution in [3.8, 4) is 11.8 Å². The summed E-state index contributed by atoms with van der Waals surface area (Å²) in [6, 6.07) is 14.2. The molecule has 0 aliphatic carbocycles. The van der Waals surface area contributed by atoms with Gasteiger partial charge >= 0.3 is 0 Å². The molecule has 1 amide bonds. The molecule has 0 bridgehead atoms. The number of nitriles is 1. The average Bonchev–Trinajstić information content (AvgIpc) is 2.65. The number of carbonyl (C=O) groups is 1. The van der Waals surface area contributed by atoms with E-state index in [0.717, 1.165) is 11.3 Å². The minimum Gasteiger partial charge on any atom is -0.496 e. The van der Waals surface area contributed by atoms with Gasteiger partial charge in [0.15, 0.2) is 0 Å². The highest BCUT2D eigenvalue weighted by Crippen LogP contribution is 2.25. The minimum absolute atomic E-state index is 0.0453. The van der Waals surface area contributed by atoms with Gasteiger partial charge in [0.2, 0.25) is 0 Å². The summed E-state index contributed by atoms with van der Waals surface area (Å²) in [5.74, 6) is 0.270. The van der Waals surface area contributed by atoms with Gasteiger partial charge in [0.1, 0.15) is 17.4 Å². The predicted molar refractivity (Wildman–Crippen MR) is 103 cm³/mol. The maximum atomic E-state index is 12.2. The van der Waals surface area contributed by atoms with Crippen LogP contribution in [0.2, 0.25) is 10.0 Å². The van der Waals surface area contributed by atoms with Gasteiger partial charge in [-0.1, -0.05) is 41.4 Å². The standard InChI is InChI=1S/C19H17Cl2N3O2/c1-26-18-5-3-2-4-13(18)8-9-23-12-14(11-22)19(25)24-15-6-7-16(20)17(21)10-15/h2-7,10,12,23H,8-9H2,1H3,(H,24,25)/b14-12-. The molecule has 0 fully saturated rings. The highest BCUT2D eigenvalue weighted by Gasteiger charge is 2.10. The minimum atomic E-state index is -0.532. The van der Waals surface area contributed by atoms with E-state index in [0.29, 0.717) is 28.7 Å². The Morgan fingerprint density at radius 1 is 1.23 bits per heavy atom. The van der Waals surface area contributed by atoms with Crippen LogP contribution in [0.5, 0.6) is 5.75 Å². The summed E-state index contributed by atoms with van der Waals surface area (Å²) in [4.78, 5) is 12.2. The van der Waals surface area contributed by atoms with Crippen LogP contribution in [0, 0.1) is 11.3 Å². The second-order valence-electron chi connectivity index (χ2n) is 5.27. The van der Waals surface area contributed by atoms with Gasteiger partial charge in [-0.05, 0) is 36.2 Å². The molecule has 2 aromatic rings. The largest absolute Gasteiger partial charge is 0.496 e. The van der Waals surface area contributed by atoms with Crippen molar-refractivity contribution in [2.45, 2.75) is 6.42 Å². The van der Waals surface area contributed by atoms with Crippen molar-refractivity contribution >= 4 is 34.8 Å². The number of hydrogen-bond donors (Lipinski definition) is 2.